The Hall–Kier alpha value is 0.0600. The Morgan fingerprint density at radius 1 is 1.35 bits per heavy atom. The molecule has 1 aromatic carbocycles. The monoisotopic (exact) mass is 439 g/mol. The predicted octanol–water partition coefficient (Wildman–Crippen LogP) is 6.15. The van der Waals surface area contributed by atoms with Gasteiger partial charge in [0.1, 0.15) is 10.2 Å². The highest BCUT2D eigenvalue weighted by Gasteiger charge is 2.20. The van der Waals surface area contributed by atoms with Crippen molar-refractivity contribution >= 4 is 54.8 Å². The molecule has 0 amide bonds. The lowest BCUT2D eigenvalue weighted by atomic mass is 10.0. The number of hydrogen-bond acceptors (Lipinski definition) is 2. The quantitative estimate of drug-likeness (QED) is 0.586. The maximum Gasteiger partial charge on any atom is 0.128 e. The minimum Gasteiger partial charge on any atom is -0.306 e. The summed E-state index contributed by atoms with van der Waals surface area (Å²) in [6.45, 7) is 2.89. The van der Waals surface area contributed by atoms with Crippen LogP contribution in [0.25, 0.3) is 0 Å². The molecule has 0 radical (unpaired) electrons. The van der Waals surface area contributed by atoms with Crippen molar-refractivity contribution < 1.29 is 4.39 Å². The number of thiophene rings is 1. The van der Waals surface area contributed by atoms with Crippen LogP contribution in [0.4, 0.5) is 4.39 Å². The van der Waals surface area contributed by atoms with Gasteiger partial charge in [-0.15, -0.1) is 11.3 Å². The fourth-order valence-corrected chi connectivity index (χ4v) is 4.10. The number of benzene rings is 1. The molecule has 1 atom stereocenters. The molecule has 1 unspecified atom stereocenters. The highest BCUT2D eigenvalue weighted by molar-refractivity contribution is 9.10. The second-order valence-corrected chi connectivity index (χ2v) is 7.78. The molecule has 2 rings (SSSR count). The van der Waals surface area contributed by atoms with Gasteiger partial charge in [-0.05, 0) is 53.2 Å². The van der Waals surface area contributed by atoms with Gasteiger partial charge in [0.05, 0.1) is 6.04 Å². The van der Waals surface area contributed by atoms with Crippen molar-refractivity contribution in [1.29, 1.82) is 0 Å². The average Bonchev–Trinajstić information content (AvgIpc) is 2.74. The second-order valence-electron chi connectivity index (χ2n) is 4.32. The lowest BCUT2D eigenvalue weighted by molar-refractivity contribution is 0.550. The zero-order chi connectivity index (χ0) is 14.7. The first kappa shape index (κ1) is 16.4. The van der Waals surface area contributed by atoms with Gasteiger partial charge in [0.15, 0.2) is 0 Å². The van der Waals surface area contributed by atoms with E-state index in [1.165, 1.54) is 17.4 Å². The van der Waals surface area contributed by atoms with E-state index in [9.17, 15) is 4.39 Å². The van der Waals surface area contributed by atoms with Gasteiger partial charge in [-0.2, -0.15) is 0 Å². The summed E-state index contributed by atoms with van der Waals surface area (Å²) in [5.41, 5.74) is 0.623. The highest BCUT2D eigenvalue weighted by Crippen LogP contribution is 2.38. The molecule has 1 N–H and O–H groups in total. The van der Waals surface area contributed by atoms with E-state index >= 15 is 0 Å². The predicted molar refractivity (Wildman–Crippen MR) is 91.3 cm³/mol. The van der Waals surface area contributed by atoms with Crippen molar-refractivity contribution in [3.8, 4) is 0 Å². The molecule has 20 heavy (non-hydrogen) atoms. The average molecular weight is 442 g/mol. The molecule has 2 aromatic rings. The van der Waals surface area contributed by atoms with Crippen molar-refractivity contribution in [2.45, 2.75) is 19.4 Å². The van der Waals surface area contributed by atoms with E-state index in [0.717, 1.165) is 26.8 Å². The summed E-state index contributed by atoms with van der Waals surface area (Å²) in [4.78, 5) is 0.993. The summed E-state index contributed by atoms with van der Waals surface area (Å²) in [5.74, 6) is -0.220. The molecular formula is C14H13Br2ClFNS. The smallest absolute Gasteiger partial charge is 0.128 e. The van der Waals surface area contributed by atoms with Crippen molar-refractivity contribution in [2.24, 2.45) is 0 Å². The van der Waals surface area contributed by atoms with Crippen LogP contribution in [-0.2, 0) is 0 Å². The van der Waals surface area contributed by atoms with Crippen molar-refractivity contribution in [2.75, 3.05) is 6.54 Å². The molecule has 108 valence electrons. The topological polar surface area (TPSA) is 12.0 Å². The minimum atomic E-state index is -0.220. The Balaban J connectivity index is 2.43. The van der Waals surface area contributed by atoms with Crippen LogP contribution in [0.3, 0.4) is 0 Å². The third-order valence-corrected chi connectivity index (χ3v) is 5.85. The lowest BCUT2D eigenvalue weighted by Gasteiger charge is -2.18. The maximum atomic E-state index is 14.1. The fraction of sp³-hybridized carbons (Fsp3) is 0.286. The van der Waals surface area contributed by atoms with Gasteiger partial charge >= 0.3 is 0 Å². The highest BCUT2D eigenvalue weighted by atomic mass is 79.9. The molecule has 0 aliphatic rings. The molecule has 0 saturated carbocycles. The summed E-state index contributed by atoms with van der Waals surface area (Å²) in [6.07, 6.45) is 0.979. The molecule has 1 heterocycles. The summed E-state index contributed by atoms with van der Waals surface area (Å²) in [7, 11) is 0. The van der Waals surface area contributed by atoms with E-state index in [1.807, 2.05) is 12.1 Å². The molecule has 0 aliphatic heterocycles. The van der Waals surface area contributed by atoms with Crippen LogP contribution >= 0.6 is 54.8 Å². The van der Waals surface area contributed by atoms with Crippen LogP contribution in [0.15, 0.2) is 33.2 Å². The zero-order valence-electron chi connectivity index (χ0n) is 10.7. The largest absolute Gasteiger partial charge is 0.306 e. The van der Waals surface area contributed by atoms with E-state index in [1.54, 1.807) is 6.07 Å². The molecule has 0 fully saturated rings. The van der Waals surface area contributed by atoms with E-state index in [0.29, 0.717) is 9.90 Å². The molecular weight excluding hydrogens is 428 g/mol. The van der Waals surface area contributed by atoms with Gasteiger partial charge in [-0.25, -0.2) is 4.39 Å². The van der Waals surface area contributed by atoms with E-state index < -0.39 is 0 Å². The second kappa shape index (κ2) is 7.36. The minimum absolute atomic E-state index is 0.193. The molecule has 0 aliphatic carbocycles. The normalized spacial score (nSPS) is 12.7. The van der Waals surface area contributed by atoms with Gasteiger partial charge in [0.2, 0.25) is 0 Å². The van der Waals surface area contributed by atoms with E-state index in [-0.39, 0.29) is 11.9 Å². The third kappa shape index (κ3) is 3.83. The number of hydrogen-bond donors (Lipinski definition) is 1. The molecule has 1 nitrogen and oxygen atoms in total. The van der Waals surface area contributed by atoms with E-state index in [4.69, 9.17) is 11.6 Å². The van der Waals surface area contributed by atoms with Crippen LogP contribution in [0, 0.1) is 5.82 Å². The first-order valence-electron chi connectivity index (χ1n) is 6.16. The standard InChI is InChI=1S/C14H13Br2ClFNS/c1-2-5-19-13(12-7-10(16)14(17)20-12)9-6-8(15)3-4-11(9)18/h3-4,6-7,13,19H,2,5H2,1H3. The van der Waals surface area contributed by atoms with Crippen molar-refractivity contribution in [1.82, 2.24) is 5.32 Å². The van der Waals surface area contributed by atoms with Gasteiger partial charge in [-0.1, -0.05) is 34.5 Å². The van der Waals surface area contributed by atoms with Gasteiger partial charge in [-0.3, -0.25) is 0 Å². The summed E-state index contributed by atoms with van der Waals surface area (Å²) in [6, 6.07) is 6.74. The van der Waals surface area contributed by atoms with Crippen LogP contribution in [0.5, 0.6) is 0 Å². The molecule has 0 spiro atoms. The van der Waals surface area contributed by atoms with Crippen molar-refractivity contribution in [3.05, 3.63) is 53.8 Å². The molecule has 1 aromatic heterocycles. The molecule has 0 saturated heterocycles. The Morgan fingerprint density at radius 3 is 2.70 bits per heavy atom. The summed E-state index contributed by atoms with van der Waals surface area (Å²) < 4.78 is 16.5. The Kier molecular flexibility index (Phi) is 6.05. The maximum absolute atomic E-state index is 14.1. The molecule has 0 bridgehead atoms. The SMILES string of the molecule is CCCNC(c1cc(Br)c(Cl)s1)c1cc(Br)ccc1F. The van der Waals surface area contributed by atoms with Crippen LogP contribution in [0.1, 0.15) is 29.8 Å². The van der Waals surface area contributed by atoms with Crippen LogP contribution < -0.4 is 5.32 Å². The first-order valence-corrected chi connectivity index (χ1v) is 8.94. The summed E-state index contributed by atoms with van der Waals surface area (Å²) in [5, 5.41) is 3.38. The number of nitrogens with one attached hydrogen (secondary N) is 1. The lowest BCUT2D eigenvalue weighted by Crippen LogP contribution is -2.23. The van der Waals surface area contributed by atoms with Gasteiger partial charge < -0.3 is 5.32 Å². The zero-order valence-corrected chi connectivity index (χ0v) is 15.5. The third-order valence-electron chi connectivity index (χ3n) is 2.82. The first-order chi connectivity index (χ1) is 9.52. The van der Waals surface area contributed by atoms with Crippen LogP contribution in [-0.4, -0.2) is 6.54 Å². The Morgan fingerprint density at radius 2 is 2.10 bits per heavy atom. The fourth-order valence-electron chi connectivity index (χ4n) is 1.89. The Bertz CT molecular complexity index is 583. The van der Waals surface area contributed by atoms with E-state index in [2.05, 4.69) is 44.1 Å². The van der Waals surface area contributed by atoms with Gasteiger partial charge in [0, 0.05) is 19.4 Å². The van der Waals surface area contributed by atoms with Gasteiger partial charge in [0.25, 0.3) is 0 Å². The van der Waals surface area contributed by atoms with Crippen LogP contribution in [0.2, 0.25) is 4.34 Å². The number of rotatable bonds is 5. The Labute approximate surface area is 143 Å². The number of halogens is 4. The summed E-state index contributed by atoms with van der Waals surface area (Å²) >= 11 is 14.4. The molecule has 6 heteroatoms. The van der Waals surface area contributed by atoms with Crippen molar-refractivity contribution in [3.63, 3.8) is 0 Å².